The van der Waals surface area contributed by atoms with Crippen LogP contribution in [0.5, 0.6) is 11.5 Å². The van der Waals surface area contributed by atoms with Gasteiger partial charge < -0.3 is 16.2 Å². The zero-order valence-corrected chi connectivity index (χ0v) is 11.0. The number of carbonyl (C=O) groups is 1. The molecule has 2 aromatic rings. The van der Waals surface area contributed by atoms with Gasteiger partial charge in [0, 0.05) is 0 Å². The van der Waals surface area contributed by atoms with Gasteiger partial charge in [-0.15, -0.1) is 0 Å². The lowest BCUT2D eigenvalue weighted by Crippen LogP contribution is -2.13. The molecule has 0 unspecified atom stereocenters. The number of anilines is 1. The third-order valence-electron chi connectivity index (χ3n) is 2.39. The fourth-order valence-electron chi connectivity index (χ4n) is 1.49. The van der Waals surface area contributed by atoms with Crippen molar-refractivity contribution in [2.75, 3.05) is 5.73 Å². The predicted octanol–water partition coefficient (Wildman–Crippen LogP) is 2.92. The van der Waals surface area contributed by atoms with Gasteiger partial charge in [0.25, 0.3) is 5.91 Å². The molecule has 4 nitrogen and oxygen atoms in total. The fraction of sp³-hybridized carbons (Fsp3) is 0. The van der Waals surface area contributed by atoms with Crippen LogP contribution in [-0.4, -0.2) is 5.91 Å². The molecule has 5 heteroatoms. The Kier molecular flexibility index (Phi) is 3.53. The van der Waals surface area contributed by atoms with Crippen LogP contribution in [0.25, 0.3) is 0 Å². The summed E-state index contributed by atoms with van der Waals surface area (Å²) >= 11 is 3.37. The van der Waals surface area contributed by atoms with Gasteiger partial charge in [-0.1, -0.05) is 18.2 Å². The smallest absolute Gasteiger partial charge is 0.250 e. The first-order valence-corrected chi connectivity index (χ1v) is 5.99. The number of nitrogens with two attached hydrogens (primary N) is 2. The largest absolute Gasteiger partial charge is 0.454 e. The summed E-state index contributed by atoms with van der Waals surface area (Å²) in [5.74, 6) is 0.439. The average Bonchev–Trinajstić information content (AvgIpc) is 2.34. The maximum Gasteiger partial charge on any atom is 0.250 e. The van der Waals surface area contributed by atoms with Crippen LogP contribution in [0.2, 0.25) is 0 Å². The summed E-state index contributed by atoms with van der Waals surface area (Å²) in [4.78, 5) is 11.2. The van der Waals surface area contributed by atoms with Crippen LogP contribution in [0.1, 0.15) is 10.4 Å². The van der Waals surface area contributed by atoms with Gasteiger partial charge in [0.05, 0.1) is 15.7 Å². The maximum atomic E-state index is 11.2. The van der Waals surface area contributed by atoms with E-state index in [9.17, 15) is 4.79 Å². The van der Waals surface area contributed by atoms with Crippen LogP contribution in [0.15, 0.2) is 46.9 Å². The van der Waals surface area contributed by atoms with E-state index >= 15 is 0 Å². The third-order valence-corrected chi connectivity index (χ3v) is 3.04. The van der Waals surface area contributed by atoms with Crippen molar-refractivity contribution in [1.82, 2.24) is 0 Å². The lowest BCUT2D eigenvalue weighted by molar-refractivity contribution is 0.100. The molecule has 0 radical (unpaired) electrons. The van der Waals surface area contributed by atoms with Crippen molar-refractivity contribution in [2.45, 2.75) is 0 Å². The Hall–Kier alpha value is -2.01. The zero-order chi connectivity index (χ0) is 13.1. The van der Waals surface area contributed by atoms with E-state index in [1.807, 2.05) is 18.2 Å². The minimum absolute atomic E-state index is 0.237. The summed E-state index contributed by atoms with van der Waals surface area (Å²) in [6, 6.07) is 12.3. The number of primary amides is 1. The second-order valence-electron chi connectivity index (χ2n) is 3.61. The van der Waals surface area contributed by atoms with Gasteiger partial charge >= 0.3 is 0 Å². The lowest BCUT2D eigenvalue weighted by atomic mass is 10.1. The van der Waals surface area contributed by atoms with Crippen molar-refractivity contribution in [3.63, 3.8) is 0 Å². The van der Waals surface area contributed by atoms with Crippen LogP contribution in [0, 0.1) is 0 Å². The normalized spacial score (nSPS) is 10.1. The summed E-state index contributed by atoms with van der Waals surface area (Å²) in [5.41, 5.74) is 11.6. The molecule has 0 saturated heterocycles. The van der Waals surface area contributed by atoms with Crippen molar-refractivity contribution in [2.24, 2.45) is 5.73 Å². The van der Waals surface area contributed by atoms with Gasteiger partial charge in [-0.2, -0.15) is 0 Å². The van der Waals surface area contributed by atoms with E-state index < -0.39 is 5.91 Å². The van der Waals surface area contributed by atoms with Crippen molar-refractivity contribution in [3.05, 3.63) is 52.5 Å². The quantitative estimate of drug-likeness (QED) is 0.856. The molecule has 0 saturated carbocycles. The second-order valence-corrected chi connectivity index (χ2v) is 4.47. The van der Waals surface area contributed by atoms with E-state index in [0.717, 1.165) is 4.47 Å². The average molecular weight is 307 g/mol. The molecule has 92 valence electrons. The van der Waals surface area contributed by atoms with E-state index in [1.54, 1.807) is 24.3 Å². The Balaban J connectivity index is 2.39. The number of halogens is 1. The zero-order valence-electron chi connectivity index (χ0n) is 9.39. The molecule has 0 aromatic heterocycles. The van der Waals surface area contributed by atoms with Gasteiger partial charge in [0.15, 0.2) is 5.75 Å². The minimum atomic E-state index is -0.579. The molecule has 0 atom stereocenters. The summed E-state index contributed by atoms with van der Waals surface area (Å²) in [6.45, 7) is 0. The Morgan fingerprint density at radius 1 is 1.06 bits per heavy atom. The van der Waals surface area contributed by atoms with E-state index in [-0.39, 0.29) is 11.3 Å². The molecule has 2 aromatic carbocycles. The molecule has 0 bridgehead atoms. The summed E-state index contributed by atoms with van der Waals surface area (Å²) in [5, 5.41) is 0. The number of carbonyl (C=O) groups excluding carboxylic acids is 1. The summed E-state index contributed by atoms with van der Waals surface area (Å²) in [6.07, 6.45) is 0. The monoisotopic (exact) mass is 306 g/mol. The topological polar surface area (TPSA) is 78.3 Å². The second kappa shape index (κ2) is 5.10. The van der Waals surface area contributed by atoms with Gasteiger partial charge in [0.1, 0.15) is 5.75 Å². The summed E-state index contributed by atoms with van der Waals surface area (Å²) in [7, 11) is 0. The molecule has 0 aliphatic rings. The van der Waals surface area contributed by atoms with Crippen molar-refractivity contribution < 1.29 is 9.53 Å². The SMILES string of the molecule is NC(=O)c1cccc(Oc2ccccc2Br)c1N. The predicted molar refractivity (Wildman–Crippen MR) is 73.6 cm³/mol. The molecule has 0 fully saturated rings. The minimum Gasteiger partial charge on any atom is -0.454 e. The maximum absolute atomic E-state index is 11.2. The van der Waals surface area contributed by atoms with Crippen LogP contribution >= 0.6 is 15.9 Å². The van der Waals surface area contributed by atoms with Crippen LogP contribution in [-0.2, 0) is 0 Å². The lowest BCUT2D eigenvalue weighted by Gasteiger charge is -2.11. The molecule has 0 spiro atoms. The highest BCUT2D eigenvalue weighted by molar-refractivity contribution is 9.10. The van der Waals surface area contributed by atoms with E-state index in [1.165, 1.54) is 0 Å². The number of para-hydroxylation sites is 2. The van der Waals surface area contributed by atoms with Gasteiger partial charge in [-0.05, 0) is 40.2 Å². The summed E-state index contributed by atoms with van der Waals surface area (Å²) < 4.78 is 6.45. The molecule has 0 heterocycles. The van der Waals surface area contributed by atoms with E-state index in [4.69, 9.17) is 16.2 Å². The standard InChI is InChI=1S/C13H11BrN2O2/c14-9-5-1-2-6-10(9)18-11-7-3-4-8(12(11)15)13(16)17/h1-7H,15H2,(H2,16,17). The Morgan fingerprint density at radius 2 is 1.72 bits per heavy atom. The van der Waals surface area contributed by atoms with Gasteiger partial charge in [-0.25, -0.2) is 0 Å². The first-order valence-electron chi connectivity index (χ1n) is 5.20. The first-order chi connectivity index (χ1) is 8.59. The van der Waals surface area contributed by atoms with Crippen molar-refractivity contribution in [1.29, 1.82) is 0 Å². The number of benzene rings is 2. The highest BCUT2D eigenvalue weighted by Crippen LogP contribution is 2.33. The first kappa shape index (κ1) is 12.4. The number of ether oxygens (including phenoxy) is 1. The molecule has 0 aliphatic carbocycles. The Morgan fingerprint density at radius 3 is 2.39 bits per heavy atom. The van der Waals surface area contributed by atoms with Gasteiger partial charge in [0.2, 0.25) is 0 Å². The Labute approximate surface area is 113 Å². The molecular formula is C13H11BrN2O2. The van der Waals surface area contributed by atoms with Crippen molar-refractivity contribution in [3.8, 4) is 11.5 Å². The van der Waals surface area contributed by atoms with E-state index in [0.29, 0.717) is 11.5 Å². The van der Waals surface area contributed by atoms with Crippen LogP contribution < -0.4 is 16.2 Å². The van der Waals surface area contributed by atoms with Crippen molar-refractivity contribution >= 4 is 27.5 Å². The third kappa shape index (κ3) is 2.46. The number of rotatable bonds is 3. The van der Waals surface area contributed by atoms with Crippen LogP contribution in [0.3, 0.4) is 0 Å². The molecule has 0 aliphatic heterocycles. The van der Waals surface area contributed by atoms with E-state index in [2.05, 4.69) is 15.9 Å². The Bertz CT molecular complexity index is 599. The molecule has 4 N–H and O–H groups in total. The fourth-order valence-corrected chi connectivity index (χ4v) is 1.86. The highest BCUT2D eigenvalue weighted by Gasteiger charge is 2.11. The molecule has 1 amide bonds. The number of nitrogen functional groups attached to an aromatic ring is 1. The molecule has 18 heavy (non-hydrogen) atoms. The van der Waals surface area contributed by atoms with Gasteiger partial charge in [-0.3, -0.25) is 4.79 Å². The highest BCUT2D eigenvalue weighted by atomic mass is 79.9. The van der Waals surface area contributed by atoms with Crippen LogP contribution in [0.4, 0.5) is 5.69 Å². The number of hydrogen-bond donors (Lipinski definition) is 2. The number of amides is 1. The number of hydrogen-bond acceptors (Lipinski definition) is 3. The molecular weight excluding hydrogens is 296 g/mol. The molecule has 2 rings (SSSR count).